The molecule has 1 aromatic carbocycles. The van der Waals surface area contributed by atoms with E-state index in [2.05, 4.69) is 16.7 Å². The van der Waals surface area contributed by atoms with Gasteiger partial charge in [-0.15, -0.1) is 11.8 Å². The summed E-state index contributed by atoms with van der Waals surface area (Å²) >= 11 is 1.31. The summed E-state index contributed by atoms with van der Waals surface area (Å²) in [6, 6.07) is 7.53. The summed E-state index contributed by atoms with van der Waals surface area (Å²) in [6.45, 7) is 1.74. The molecule has 0 saturated carbocycles. The molecule has 1 aliphatic carbocycles. The Morgan fingerprint density at radius 3 is 2.73 bits per heavy atom. The van der Waals surface area contributed by atoms with Crippen LogP contribution >= 0.6 is 11.8 Å². The maximum atomic E-state index is 12.9. The maximum Gasteiger partial charge on any atom is 0.247 e. The third-order valence-corrected chi connectivity index (χ3v) is 7.42. The molecule has 1 saturated heterocycles. The van der Waals surface area contributed by atoms with E-state index in [0.29, 0.717) is 32.5 Å². The van der Waals surface area contributed by atoms with Crippen molar-refractivity contribution in [2.24, 2.45) is 5.92 Å². The molecule has 2 heterocycles. The van der Waals surface area contributed by atoms with Gasteiger partial charge in [0.25, 0.3) is 0 Å². The summed E-state index contributed by atoms with van der Waals surface area (Å²) in [5.41, 5.74) is 2.22. The average molecular weight is 428 g/mol. The number of anilines is 1. The van der Waals surface area contributed by atoms with Gasteiger partial charge in [-0.25, -0.2) is 0 Å². The van der Waals surface area contributed by atoms with Crippen LogP contribution in [0, 0.1) is 5.92 Å². The zero-order chi connectivity index (χ0) is 20.9. The number of fused-ring (bicyclic) bond motifs is 1. The summed E-state index contributed by atoms with van der Waals surface area (Å²) in [5, 5.41) is 5.15. The minimum absolute atomic E-state index is 0.0528. The van der Waals surface area contributed by atoms with Gasteiger partial charge in [0.15, 0.2) is 5.25 Å². The highest BCUT2D eigenvalue weighted by molar-refractivity contribution is 8.01. The summed E-state index contributed by atoms with van der Waals surface area (Å²) in [7, 11) is 0. The predicted octanol–water partition coefficient (Wildman–Crippen LogP) is 3.34. The van der Waals surface area contributed by atoms with Crippen LogP contribution in [0.15, 0.2) is 40.8 Å². The highest BCUT2D eigenvalue weighted by Gasteiger charge is 2.37. The van der Waals surface area contributed by atoms with Crippen LogP contribution in [0.25, 0.3) is 0 Å². The minimum atomic E-state index is -0.756. The first-order valence-electron chi connectivity index (χ1n) is 10.9. The van der Waals surface area contributed by atoms with Crippen LogP contribution in [-0.2, 0) is 14.4 Å². The molecule has 30 heavy (non-hydrogen) atoms. The molecule has 1 aromatic rings. The number of benzene rings is 1. The maximum absolute atomic E-state index is 12.9. The zero-order valence-corrected chi connectivity index (χ0v) is 18.0. The van der Waals surface area contributed by atoms with Gasteiger partial charge >= 0.3 is 0 Å². The van der Waals surface area contributed by atoms with E-state index in [-0.39, 0.29) is 23.6 Å². The number of piperidine rings is 1. The number of thioether (sulfide) groups is 1. The molecule has 7 heteroatoms. The second kappa shape index (κ2) is 9.69. The highest BCUT2D eigenvalue weighted by atomic mass is 32.2. The topological polar surface area (TPSA) is 78.5 Å². The SMILES string of the molecule is O=C(NCCC1=CCCCC1)C1CCN(C(=O)C2Sc3ccccc3NC2=O)CC1. The normalized spacial score (nSPS) is 22.0. The molecule has 3 aliphatic rings. The Balaban J connectivity index is 1.24. The average Bonchev–Trinajstić information content (AvgIpc) is 2.79. The van der Waals surface area contributed by atoms with Crippen LogP contribution in [0.2, 0.25) is 0 Å². The molecule has 0 radical (unpaired) electrons. The second-order valence-electron chi connectivity index (χ2n) is 8.23. The van der Waals surface area contributed by atoms with Gasteiger partial charge in [-0.05, 0) is 57.1 Å². The molecule has 1 fully saturated rings. The smallest absolute Gasteiger partial charge is 0.247 e. The number of amides is 3. The lowest BCUT2D eigenvalue weighted by Gasteiger charge is -2.34. The quantitative estimate of drug-likeness (QED) is 0.558. The minimum Gasteiger partial charge on any atom is -0.356 e. The van der Waals surface area contributed by atoms with Gasteiger partial charge in [0.1, 0.15) is 0 Å². The number of carbonyl (C=O) groups is 3. The van der Waals surface area contributed by atoms with Gasteiger partial charge in [0.2, 0.25) is 17.7 Å². The number of para-hydroxylation sites is 1. The van der Waals surface area contributed by atoms with Gasteiger partial charge < -0.3 is 15.5 Å². The molecule has 1 atom stereocenters. The van der Waals surface area contributed by atoms with Crippen molar-refractivity contribution in [3.8, 4) is 0 Å². The van der Waals surface area contributed by atoms with Crippen molar-refractivity contribution in [2.45, 2.75) is 55.1 Å². The Hall–Kier alpha value is -2.28. The first-order chi connectivity index (χ1) is 14.6. The summed E-state index contributed by atoms with van der Waals surface area (Å²) in [6.07, 6.45) is 9.42. The van der Waals surface area contributed by atoms with E-state index in [0.717, 1.165) is 23.4 Å². The van der Waals surface area contributed by atoms with Crippen LogP contribution in [0.5, 0.6) is 0 Å². The Morgan fingerprint density at radius 1 is 1.17 bits per heavy atom. The predicted molar refractivity (Wildman–Crippen MR) is 118 cm³/mol. The Labute approximate surface area is 181 Å². The molecule has 6 nitrogen and oxygen atoms in total. The van der Waals surface area contributed by atoms with E-state index in [9.17, 15) is 14.4 Å². The van der Waals surface area contributed by atoms with E-state index in [1.54, 1.807) is 4.90 Å². The van der Waals surface area contributed by atoms with Crippen molar-refractivity contribution in [1.82, 2.24) is 10.2 Å². The van der Waals surface area contributed by atoms with Crippen molar-refractivity contribution < 1.29 is 14.4 Å². The van der Waals surface area contributed by atoms with Crippen molar-refractivity contribution >= 4 is 35.2 Å². The Bertz CT molecular complexity index is 846. The standard InChI is InChI=1S/C23H29N3O3S/c27-21(24-13-10-16-6-2-1-3-7-16)17-11-14-26(15-12-17)23(29)20-22(28)25-18-8-4-5-9-19(18)30-20/h4-6,8-9,17,20H,1-3,7,10-15H2,(H,24,27)(H,25,28). The Morgan fingerprint density at radius 2 is 1.97 bits per heavy atom. The number of nitrogens with zero attached hydrogens (tertiary/aromatic N) is 1. The number of allylic oxidation sites excluding steroid dienone is 1. The van der Waals surface area contributed by atoms with Crippen LogP contribution in [0.4, 0.5) is 5.69 Å². The van der Waals surface area contributed by atoms with E-state index in [1.807, 2.05) is 24.3 Å². The van der Waals surface area contributed by atoms with E-state index in [4.69, 9.17) is 0 Å². The lowest BCUT2D eigenvalue weighted by Crippen LogP contribution is -2.49. The van der Waals surface area contributed by atoms with Crippen molar-refractivity contribution in [3.63, 3.8) is 0 Å². The Kier molecular flexibility index (Phi) is 6.77. The lowest BCUT2D eigenvalue weighted by molar-refractivity contribution is -0.137. The van der Waals surface area contributed by atoms with Gasteiger partial charge in [-0.1, -0.05) is 23.8 Å². The van der Waals surface area contributed by atoms with Crippen molar-refractivity contribution in [1.29, 1.82) is 0 Å². The van der Waals surface area contributed by atoms with Crippen LogP contribution in [-0.4, -0.2) is 47.5 Å². The molecular weight excluding hydrogens is 398 g/mol. The summed E-state index contributed by atoms with van der Waals surface area (Å²) < 4.78 is 0. The van der Waals surface area contributed by atoms with Gasteiger partial charge in [0, 0.05) is 30.4 Å². The van der Waals surface area contributed by atoms with E-state index >= 15 is 0 Å². The fraction of sp³-hybridized carbons (Fsp3) is 0.522. The molecule has 0 bridgehead atoms. The largest absolute Gasteiger partial charge is 0.356 e. The molecule has 0 aromatic heterocycles. The fourth-order valence-corrected chi connectivity index (χ4v) is 5.44. The molecule has 4 rings (SSSR count). The van der Waals surface area contributed by atoms with Crippen molar-refractivity contribution in [2.75, 3.05) is 25.0 Å². The number of hydrogen-bond donors (Lipinski definition) is 2. The number of likely N-dealkylation sites (tertiary alicyclic amines) is 1. The third kappa shape index (κ3) is 4.89. The number of hydrogen-bond acceptors (Lipinski definition) is 4. The fourth-order valence-electron chi connectivity index (χ4n) is 4.36. The molecular formula is C23H29N3O3S. The third-order valence-electron chi connectivity index (χ3n) is 6.16. The molecule has 2 N–H and O–H groups in total. The summed E-state index contributed by atoms with van der Waals surface area (Å²) in [4.78, 5) is 40.5. The molecule has 2 aliphatic heterocycles. The van der Waals surface area contributed by atoms with E-state index < -0.39 is 5.25 Å². The molecule has 1 unspecified atom stereocenters. The first kappa shape index (κ1) is 21.0. The van der Waals surface area contributed by atoms with Gasteiger partial charge in [0.05, 0.1) is 5.69 Å². The number of rotatable bonds is 5. The highest BCUT2D eigenvalue weighted by Crippen LogP contribution is 2.36. The lowest BCUT2D eigenvalue weighted by atomic mass is 9.95. The molecule has 0 spiro atoms. The van der Waals surface area contributed by atoms with Crippen LogP contribution < -0.4 is 10.6 Å². The van der Waals surface area contributed by atoms with Gasteiger partial charge in [-0.2, -0.15) is 0 Å². The number of nitrogens with one attached hydrogen (secondary N) is 2. The molecule has 160 valence electrons. The summed E-state index contributed by atoms with van der Waals surface area (Å²) in [5.74, 6) is -0.379. The second-order valence-corrected chi connectivity index (χ2v) is 9.38. The monoisotopic (exact) mass is 427 g/mol. The first-order valence-corrected chi connectivity index (χ1v) is 11.8. The number of carbonyl (C=O) groups excluding carboxylic acids is 3. The van der Waals surface area contributed by atoms with Crippen molar-refractivity contribution in [3.05, 3.63) is 35.9 Å². The van der Waals surface area contributed by atoms with E-state index in [1.165, 1.54) is 36.6 Å². The van der Waals surface area contributed by atoms with Gasteiger partial charge in [-0.3, -0.25) is 14.4 Å². The van der Waals surface area contributed by atoms with Crippen LogP contribution in [0.1, 0.15) is 44.9 Å². The zero-order valence-electron chi connectivity index (χ0n) is 17.2. The molecule has 3 amide bonds. The van der Waals surface area contributed by atoms with Crippen LogP contribution in [0.3, 0.4) is 0 Å².